The van der Waals surface area contributed by atoms with E-state index in [0.717, 1.165) is 5.56 Å². The van der Waals surface area contributed by atoms with E-state index in [9.17, 15) is 19.5 Å². The van der Waals surface area contributed by atoms with E-state index in [1.54, 1.807) is 32.9 Å². The molecule has 0 fully saturated rings. The van der Waals surface area contributed by atoms with E-state index < -0.39 is 35.7 Å². The number of amides is 2. The van der Waals surface area contributed by atoms with Crippen LogP contribution in [0.15, 0.2) is 24.3 Å². The second kappa shape index (κ2) is 9.25. The molecule has 2 unspecified atom stereocenters. The van der Waals surface area contributed by atoms with Crippen LogP contribution in [0.5, 0.6) is 5.75 Å². The molecule has 0 aromatic heterocycles. The summed E-state index contributed by atoms with van der Waals surface area (Å²) in [4.78, 5) is 38.0. The van der Waals surface area contributed by atoms with E-state index in [1.165, 1.54) is 38.1 Å². The number of hydrogen-bond donors (Lipinski definition) is 2. The first-order valence-corrected chi connectivity index (χ1v) is 8.56. The second-order valence-corrected chi connectivity index (χ2v) is 7.22. The maximum Gasteiger partial charge on any atom is 0.408 e. The third-order valence-corrected chi connectivity index (χ3v) is 3.84. The molecule has 1 rings (SSSR count). The molecule has 0 aliphatic rings. The fourth-order valence-electron chi connectivity index (χ4n) is 2.28. The van der Waals surface area contributed by atoms with E-state index in [1.807, 2.05) is 0 Å². The van der Waals surface area contributed by atoms with Crippen LogP contribution in [0.3, 0.4) is 0 Å². The number of likely N-dealkylation sites (N-methyl/N-ethyl adjacent to an activating group) is 1. The quantitative estimate of drug-likeness (QED) is 0.730. The fourth-order valence-corrected chi connectivity index (χ4v) is 2.28. The Balaban J connectivity index is 3.01. The zero-order valence-electron chi connectivity index (χ0n) is 16.6. The Labute approximate surface area is 159 Å². The Morgan fingerprint density at radius 2 is 1.74 bits per heavy atom. The number of carbonyl (C=O) groups excluding carboxylic acids is 3. The number of hydrogen-bond acceptors (Lipinski definition) is 6. The highest BCUT2D eigenvalue weighted by Crippen LogP contribution is 2.14. The van der Waals surface area contributed by atoms with Crippen LogP contribution >= 0.6 is 0 Å². The van der Waals surface area contributed by atoms with Gasteiger partial charge in [-0.25, -0.2) is 9.59 Å². The summed E-state index contributed by atoms with van der Waals surface area (Å²) in [5.74, 6) is -0.934. The highest BCUT2D eigenvalue weighted by Gasteiger charge is 2.31. The lowest BCUT2D eigenvalue weighted by Gasteiger charge is -2.29. The minimum Gasteiger partial charge on any atom is -0.508 e. The Kier molecular flexibility index (Phi) is 7.63. The first-order valence-electron chi connectivity index (χ1n) is 8.56. The van der Waals surface area contributed by atoms with E-state index in [-0.39, 0.29) is 12.2 Å². The van der Waals surface area contributed by atoms with Crippen LogP contribution in [0.2, 0.25) is 0 Å². The number of aromatic hydroxyl groups is 1. The van der Waals surface area contributed by atoms with Gasteiger partial charge in [0.15, 0.2) is 0 Å². The first-order chi connectivity index (χ1) is 12.4. The number of carbonyl (C=O) groups is 3. The Bertz CT molecular complexity index is 666. The molecule has 0 aliphatic carbocycles. The maximum atomic E-state index is 12.9. The average Bonchev–Trinajstić information content (AvgIpc) is 2.58. The van der Waals surface area contributed by atoms with Gasteiger partial charge in [0, 0.05) is 13.5 Å². The molecule has 2 atom stereocenters. The molecule has 8 heteroatoms. The van der Waals surface area contributed by atoms with Crippen LogP contribution in [0.25, 0.3) is 0 Å². The van der Waals surface area contributed by atoms with Crippen LogP contribution < -0.4 is 5.32 Å². The number of nitrogens with zero attached hydrogens (tertiary/aromatic N) is 1. The SMILES string of the molecule is COC(=O)C(C)N(C)C(=O)C(Cc1ccc(O)cc1)NC(=O)OC(C)(C)C. The van der Waals surface area contributed by atoms with Crippen molar-refractivity contribution in [3.63, 3.8) is 0 Å². The lowest BCUT2D eigenvalue weighted by Crippen LogP contribution is -2.53. The van der Waals surface area contributed by atoms with Crippen molar-refractivity contribution in [3.05, 3.63) is 29.8 Å². The zero-order chi connectivity index (χ0) is 20.8. The van der Waals surface area contributed by atoms with Crippen molar-refractivity contribution < 1.29 is 29.0 Å². The summed E-state index contributed by atoms with van der Waals surface area (Å²) in [6.45, 7) is 6.69. The van der Waals surface area contributed by atoms with E-state index in [4.69, 9.17) is 4.74 Å². The Morgan fingerprint density at radius 1 is 1.19 bits per heavy atom. The summed E-state index contributed by atoms with van der Waals surface area (Å²) in [5, 5.41) is 12.0. The Morgan fingerprint density at radius 3 is 2.22 bits per heavy atom. The van der Waals surface area contributed by atoms with E-state index in [2.05, 4.69) is 10.1 Å². The van der Waals surface area contributed by atoms with Gasteiger partial charge >= 0.3 is 12.1 Å². The van der Waals surface area contributed by atoms with Gasteiger partial charge in [0.25, 0.3) is 0 Å². The minimum atomic E-state index is -0.957. The average molecular weight is 380 g/mol. The molecular formula is C19H28N2O6. The molecule has 2 amide bonds. The van der Waals surface area contributed by atoms with E-state index in [0.29, 0.717) is 0 Å². The molecule has 8 nitrogen and oxygen atoms in total. The molecule has 0 saturated heterocycles. The van der Waals surface area contributed by atoms with Crippen LogP contribution in [0.1, 0.15) is 33.3 Å². The van der Waals surface area contributed by atoms with Crippen molar-refractivity contribution in [2.45, 2.75) is 51.8 Å². The maximum absolute atomic E-state index is 12.9. The summed E-state index contributed by atoms with van der Waals surface area (Å²) in [6, 6.07) is 4.51. The Hall–Kier alpha value is -2.77. The third kappa shape index (κ3) is 7.16. The highest BCUT2D eigenvalue weighted by molar-refractivity contribution is 5.89. The number of nitrogens with one attached hydrogen (secondary N) is 1. The summed E-state index contributed by atoms with van der Waals surface area (Å²) < 4.78 is 9.90. The number of ether oxygens (including phenoxy) is 2. The van der Waals surface area contributed by atoms with Crippen LogP contribution in [0.4, 0.5) is 4.79 Å². The number of benzene rings is 1. The molecule has 0 saturated carbocycles. The standard InChI is InChI=1S/C19H28N2O6/c1-12(17(24)26-6)21(5)16(23)15(20-18(25)27-19(2,3)4)11-13-7-9-14(22)10-8-13/h7-10,12,15,22H,11H2,1-6H3,(H,20,25). The molecule has 0 heterocycles. The van der Waals surface area contributed by atoms with Crippen molar-refractivity contribution in [3.8, 4) is 5.75 Å². The first kappa shape index (κ1) is 22.3. The summed E-state index contributed by atoms with van der Waals surface area (Å²) >= 11 is 0. The number of esters is 1. The van der Waals surface area contributed by atoms with Gasteiger partial charge in [-0.2, -0.15) is 0 Å². The topological polar surface area (TPSA) is 105 Å². The van der Waals surface area contributed by atoms with Gasteiger partial charge in [-0.05, 0) is 45.4 Å². The van der Waals surface area contributed by atoms with Gasteiger partial charge in [-0.1, -0.05) is 12.1 Å². The van der Waals surface area contributed by atoms with Gasteiger partial charge < -0.3 is 24.8 Å². The lowest BCUT2D eigenvalue weighted by atomic mass is 10.0. The molecule has 27 heavy (non-hydrogen) atoms. The predicted octanol–water partition coefficient (Wildman–Crippen LogP) is 1.85. The number of phenolic OH excluding ortho intramolecular Hbond substituents is 1. The summed E-state index contributed by atoms with van der Waals surface area (Å²) in [7, 11) is 2.70. The van der Waals surface area contributed by atoms with Crippen molar-refractivity contribution in [1.29, 1.82) is 0 Å². The molecule has 150 valence electrons. The normalized spacial score (nSPS) is 13.3. The van der Waals surface area contributed by atoms with Crippen molar-refractivity contribution in [2.75, 3.05) is 14.2 Å². The highest BCUT2D eigenvalue weighted by atomic mass is 16.6. The predicted molar refractivity (Wildman–Crippen MR) is 99.2 cm³/mol. The van der Waals surface area contributed by atoms with Crippen molar-refractivity contribution in [2.24, 2.45) is 0 Å². The van der Waals surface area contributed by atoms with E-state index >= 15 is 0 Å². The minimum absolute atomic E-state index is 0.0955. The van der Waals surface area contributed by atoms with Crippen LogP contribution in [0, 0.1) is 0 Å². The molecule has 2 N–H and O–H groups in total. The molecule has 0 spiro atoms. The number of phenols is 1. The zero-order valence-corrected chi connectivity index (χ0v) is 16.6. The van der Waals surface area contributed by atoms with Gasteiger partial charge in [0.2, 0.25) is 5.91 Å². The molecule has 0 aliphatic heterocycles. The smallest absolute Gasteiger partial charge is 0.408 e. The number of rotatable bonds is 6. The van der Waals surface area contributed by atoms with Crippen LogP contribution in [-0.4, -0.2) is 59.8 Å². The number of alkyl carbamates (subject to hydrolysis) is 1. The van der Waals surface area contributed by atoms with Gasteiger partial charge in [0.05, 0.1) is 7.11 Å². The molecule has 0 bridgehead atoms. The monoisotopic (exact) mass is 380 g/mol. The number of methoxy groups -OCH3 is 1. The molecule has 1 aromatic carbocycles. The molecule has 0 radical (unpaired) electrons. The second-order valence-electron chi connectivity index (χ2n) is 7.22. The van der Waals surface area contributed by atoms with Gasteiger partial charge in [-0.3, -0.25) is 4.79 Å². The molecule has 1 aromatic rings. The summed E-state index contributed by atoms with van der Waals surface area (Å²) in [5.41, 5.74) is 0.00265. The van der Waals surface area contributed by atoms with Crippen molar-refractivity contribution >= 4 is 18.0 Å². The van der Waals surface area contributed by atoms with Crippen LogP contribution in [-0.2, 0) is 25.5 Å². The van der Waals surface area contributed by atoms with Gasteiger partial charge in [-0.15, -0.1) is 0 Å². The summed E-state index contributed by atoms with van der Waals surface area (Å²) in [6.07, 6.45) is -0.574. The largest absolute Gasteiger partial charge is 0.508 e. The third-order valence-electron chi connectivity index (χ3n) is 3.84. The molecular weight excluding hydrogens is 352 g/mol. The van der Waals surface area contributed by atoms with Crippen molar-refractivity contribution in [1.82, 2.24) is 10.2 Å². The van der Waals surface area contributed by atoms with Gasteiger partial charge in [0.1, 0.15) is 23.4 Å². The lowest BCUT2D eigenvalue weighted by molar-refractivity contribution is -0.151. The fraction of sp³-hybridized carbons (Fsp3) is 0.526.